The molecule has 0 spiro atoms. The average molecular weight is 438 g/mol. The van der Waals surface area contributed by atoms with E-state index in [0.717, 1.165) is 5.56 Å². The van der Waals surface area contributed by atoms with Crippen molar-refractivity contribution < 1.29 is 14.3 Å². The minimum absolute atomic E-state index is 0.0792. The Morgan fingerprint density at radius 2 is 1.84 bits per heavy atom. The number of aromatic amines is 1. The number of ether oxygens (including phenoxy) is 2. The minimum Gasteiger partial charge on any atom is -0.497 e. The highest BCUT2D eigenvalue weighted by Crippen LogP contribution is 2.22. The van der Waals surface area contributed by atoms with Gasteiger partial charge in [-0.2, -0.15) is 0 Å². The smallest absolute Gasteiger partial charge is 0.330 e. The first kappa shape index (κ1) is 22.8. The predicted molar refractivity (Wildman–Crippen MR) is 122 cm³/mol. The fourth-order valence-electron chi connectivity index (χ4n) is 3.36. The summed E-state index contributed by atoms with van der Waals surface area (Å²) in [6.07, 6.45) is 0.461. The Bertz CT molecular complexity index is 1190. The molecule has 1 amide bonds. The van der Waals surface area contributed by atoms with E-state index in [2.05, 4.69) is 4.98 Å². The van der Waals surface area contributed by atoms with Crippen LogP contribution in [-0.2, 0) is 11.3 Å². The van der Waals surface area contributed by atoms with E-state index in [1.54, 1.807) is 31.4 Å². The van der Waals surface area contributed by atoms with Crippen molar-refractivity contribution in [2.24, 2.45) is 0 Å². The van der Waals surface area contributed by atoms with Crippen LogP contribution < -0.4 is 26.6 Å². The lowest BCUT2D eigenvalue weighted by molar-refractivity contribution is 0.0983. The van der Waals surface area contributed by atoms with Gasteiger partial charge in [0.15, 0.2) is 5.69 Å². The Labute approximate surface area is 185 Å². The number of nitrogen functional groups attached to an aromatic ring is 1. The first-order valence-corrected chi connectivity index (χ1v) is 10.1. The van der Waals surface area contributed by atoms with Gasteiger partial charge in [0.25, 0.3) is 11.5 Å². The van der Waals surface area contributed by atoms with Gasteiger partial charge in [-0.3, -0.25) is 19.1 Å². The number of nitrogens with two attached hydrogens (primary N) is 1. The lowest BCUT2D eigenvalue weighted by Crippen LogP contribution is -2.42. The molecular weight excluding hydrogens is 412 g/mol. The quantitative estimate of drug-likeness (QED) is 0.492. The van der Waals surface area contributed by atoms with Crippen molar-refractivity contribution in [1.29, 1.82) is 0 Å². The molecule has 3 N–H and O–H groups in total. The van der Waals surface area contributed by atoms with Crippen LogP contribution in [0.5, 0.6) is 5.75 Å². The molecule has 0 aliphatic rings. The zero-order chi connectivity index (χ0) is 23.1. The third-order valence-electron chi connectivity index (χ3n) is 4.96. The molecule has 3 rings (SSSR count). The molecule has 1 heterocycles. The Kier molecular flexibility index (Phi) is 7.45. The van der Waals surface area contributed by atoms with Crippen molar-refractivity contribution in [3.8, 4) is 5.75 Å². The number of amides is 1. The molecule has 9 nitrogen and oxygen atoms in total. The Balaban J connectivity index is 2.09. The highest BCUT2D eigenvalue weighted by atomic mass is 16.5. The van der Waals surface area contributed by atoms with Crippen LogP contribution in [0.3, 0.4) is 0 Å². The number of carbonyl (C=O) groups is 1. The SMILES string of the molecule is COCCCN(C(=O)c1cccc(OC)c1)c1c(N)n(Cc2ccccc2)c(=O)[nH]c1=O. The van der Waals surface area contributed by atoms with E-state index >= 15 is 0 Å². The lowest BCUT2D eigenvalue weighted by atomic mass is 10.1. The molecule has 9 heteroatoms. The molecule has 0 radical (unpaired) electrons. The Morgan fingerprint density at radius 1 is 1.09 bits per heavy atom. The monoisotopic (exact) mass is 438 g/mol. The van der Waals surface area contributed by atoms with Crippen LogP contribution >= 0.6 is 0 Å². The van der Waals surface area contributed by atoms with Crippen LogP contribution in [-0.4, -0.2) is 42.8 Å². The molecule has 0 unspecified atom stereocenters. The fraction of sp³-hybridized carbons (Fsp3) is 0.261. The zero-order valence-electron chi connectivity index (χ0n) is 18.0. The second-order valence-corrected chi connectivity index (χ2v) is 7.10. The summed E-state index contributed by atoms with van der Waals surface area (Å²) in [5, 5.41) is 0. The maximum atomic E-state index is 13.4. The maximum Gasteiger partial charge on any atom is 0.330 e. The standard InChI is InChI=1S/C23H26N4O5/c1-31-13-7-12-26(22(29)17-10-6-11-18(14-17)32-2)19-20(24)27(23(30)25-21(19)28)15-16-8-4-3-5-9-16/h3-6,8-11,14H,7,12-13,15,24H2,1-2H3,(H,25,28,30). The first-order valence-electron chi connectivity index (χ1n) is 10.1. The molecule has 0 aliphatic carbocycles. The maximum absolute atomic E-state index is 13.4. The van der Waals surface area contributed by atoms with Gasteiger partial charge in [-0.1, -0.05) is 36.4 Å². The van der Waals surface area contributed by atoms with Crippen molar-refractivity contribution in [2.75, 3.05) is 38.0 Å². The van der Waals surface area contributed by atoms with E-state index in [-0.39, 0.29) is 24.6 Å². The molecule has 32 heavy (non-hydrogen) atoms. The van der Waals surface area contributed by atoms with E-state index in [9.17, 15) is 14.4 Å². The number of hydrogen-bond acceptors (Lipinski definition) is 6. The normalized spacial score (nSPS) is 10.7. The van der Waals surface area contributed by atoms with E-state index in [1.165, 1.54) is 16.6 Å². The number of H-pyrrole nitrogens is 1. The number of methoxy groups -OCH3 is 2. The largest absolute Gasteiger partial charge is 0.497 e. The number of nitrogens with zero attached hydrogens (tertiary/aromatic N) is 2. The third-order valence-corrected chi connectivity index (χ3v) is 4.96. The van der Waals surface area contributed by atoms with Crippen LogP contribution in [0.4, 0.5) is 11.5 Å². The van der Waals surface area contributed by atoms with Gasteiger partial charge in [0, 0.05) is 25.8 Å². The molecule has 0 saturated heterocycles. The van der Waals surface area contributed by atoms with Gasteiger partial charge in [0.2, 0.25) is 0 Å². The fourth-order valence-corrected chi connectivity index (χ4v) is 3.36. The van der Waals surface area contributed by atoms with Crippen LogP contribution in [0, 0.1) is 0 Å². The summed E-state index contributed by atoms with van der Waals surface area (Å²) in [6.45, 7) is 0.693. The summed E-state index contributed by atoms with van der Waals surface area (Å²) in [6, 6.07) is 15.8. The number of benzene rings is 2. The highest BCUT2D eigenvalue weighted by molar-refractivity contribution is 6.07. The Hall–Kier alpha value is -3.85. The van der Waals surface area contributed by atoms with E-state index in [1.807, 2.05) is 30.3 Å². The van der Waals surface area contributed by atoms with Crippen molar-refractivity contribution in [1.82, 2.24) is 9.55 Å². The predicted octanol–water partition coefficient (Wildman–Crippen LogP) is 1.86. The van der Waals surface area contributed by atoms with E-state index in [0.29, 0.717) is 24.3 Å². The summed E-state index contributed by atoms with van der Waals surface area (Å²) >= 11 is 0. The molecule has 2 aromatic carbocycles. The van der Waals surface area contributed by atoms with Gasteiger partial charge in [-0.05, 0) is 30.2 Å². The molecule has 3 aromatic rings. The second-order valence-electron chi connectivity index (χ2n) is 7.10. The van der Waals surface area contributed by atoms with Crippen LogP contribution in [0.25, 0.3) is 0 Å². The molecule has 0 bridgehead atoms. The number of hydrogen-bond donors (Lipinski definition) is 2. The van der Waals surface area contributed by atoms with E-state index in [4.69, 9.17) is 15.2 Å². The first-order chi connectivity index (χ1) is 15.5. The minimum atomic E-state index is -0.731. The molecule has 0 saturated carbocycles. The molecular formula is C23H26N4O5. The lowest BCUT2D eigenvalue weighted by Gasteiger charge is -2.25. The van der Waals surface area contributed by atoms with Crippen molar-refractivity contribution in [3.05, 3.63) is 86.6 Å². The Morgan fingerprint density at radius 3 is 2.53 bits per heavy atom. The summed E-state index contributed by atoms with van der Waals surface area (Å²) in [5.41, 5.74) is 5.99. The molecule has 0 fully saturated rings. The summed E-state index contributed by atoms with van der Waals surface area (Å²) in [4.78, 5) is 42.3. The number of aromatic nitrogens is 2. The average Bonchev–Trinajstić information content (AvgIpc) is 2.81. The van der Waals surface area contributed by atoms with Gasteiger partial charge < -0.3 is 20.1 Å². The highest BCUT2D eigenvalue weighted by Gasteiger charge is 2.25. The van der Waals surface area contributed by atoms with Crippen LogP contribution in [0.1, 0.15) is 22.3 Å². The van der Waals surface area contributed by atoms with Gasteiger partial charge in [-0.25, -0.2) is 4.79 Å². The summed E-state index contributed by atoms with van der Waals surface area (Å²) in [7, 11) is 3.05. The van der Waals surface area contributed by atoms with Gasteiger partial charge >= 0.3 is 5.69 Å². The van der Waals surface area contributed by atoms with Crippen LogP contribution in [0.2, 0.25) is 0 Å². The van der Waals surface area contributed by atoms with Gasteiger partial charge in [0.1, 0.15) is 11.6 Å². The van der Waals surface area contributed by atoms with E-state index < -0.39 is 17.2 Å². The number of rotatable bonds is 9. The summed E-state index contributed by atoms with van der Waals surface area (Å²) in [5.74, 6) is -0.0259. The van der Waals surface area contributed by atoms with Crippen molar-refractivity contribution >= 4 is 17.4 Å². The molecule has 0 atom stereocenters. The van der Waals surface area contributed by atoms with Gasteiger partial charge in [-0.15, -0.1) is 0 Å². The van der Waals surface area contributed by atoms with Gasteiger partial charge in [0.05, 0.1) is 13.7 Å². The number of anilines is 2. The summed E-state index contributed by atoms with van der Waals surface area (Å²) < 4.78 is 11.6. The second kappa shape index (κ2) is 10.5. The molecule has 0 aliphatic heterocycles. The topological polar surface area (TPSA) is 120 Å². The number of nitrogens with one attached hydrogen (secondary N) is 1. The van der Waals surface area contributed by atoms with Crippen molar-refractivity contribution in [3.63, 3.8) is 0 Å². The number of carbonyl (C=O) groups excluding carboxylic acids is 1. The van der Waals surface area contributed by atoms with Crippen LogP contribution in [0.15, 0.2) is 64.2 Å². The molecule has 1 aromatic heterocycles. The van der Waals surface area contributed by atoms with Crippen molar-refractivity contribution in [2.45, 2.75) is 13.0 Å². The third kappa shape index (κ3) is 5.06. The zero-order valence-corrected chi connectivity index (χ0v) is 18.0. The molecule has 168 valence electrons.